The minimum atomic E-state index is -1.17. The predicted molar refractivity (Wildman–Crippen MR) is 135 cm³/mol. The second-order valence-corrected chi connectivity index (χ2v) is 15.2. The van der Waals surface area contributed by atoms with Crippen molar-refractivity contribution in [3.8, 4) is 0 Å². The Kier molecular flexibility index (Phi) is 4.99. The summed E-state index contributed by atoms with van der Waals surface area (Å²) in [6, 6.07) is 22.9. The van der Waals surface area contributed by atoms with E-state index in [0.717, 1.165) is 56.0 Å². The van der Waals surface area contributed by atoms with Crippen LogP contribution in [0.2, 0.25) is 25.7 Å². The molecule has 0 radical (unpaired) electrons. The van der Waals surface area contributed by atoms with Crippen molar-refractivity contribution in [3.05, 3.63) is 76.8 Å². The summed E-state index contributed by atoms with van der Waals surface area (Å²) in [4.78, 5) is 11.1. The van der Waals surface area contributed by atoms with Gasteiger partial charge in [-0.25, -0.2) is 0 Å². The van der Waals surface area contributed by atoms with Crippen LogP contribution in [0.1, 0.15) is 0 Å². The molecule has 0 atom stereocenters. The molecule has 5 rings (SSSR count). The third-order valence-corrected chi connectivity index (χ3v) is 7.85. The summed E-state index contributed by atoms with van der Waals surface area (Å²) in [5, 5.41) is 17.8. The number of benzene rings is 4. The molecule has 1 heterocycles. The van der Waals surface area contributed by atoms with Crippen molar-refractivity contribution < 1.29 is 9.66 Å². The topological polar surface area (TPSA) is 57.3 Å². The van der Waals surface area contributed by atoms with Crippen molar-refractivity contribution in [2.45, 2.75) is 32.4 Å². The van der Waals surface area contributed by atoms with Crippen LogP contribution in [0.15, 0.2) is 66.7 Å². The Labute approximate surface area is 187 Å². The van der Waals surface area contributed by atoms with Gasteiger partial charge in [-0.05, 0) is 34.3 Å². The van der Waals surface area contributed by atoms with E-state index in [9.17, 15) is 10.1 Å². The van der Waals surface area contributed by atoms with Crippen LogP contribution in [0.25, 0.3) is 43.4 Å². The number of hydrogen-bond acceptors (Lipinski definition) is 3. The summed E-state index contributed by atoms with van der Waals surface area (Å²) < 4.78 is 8.45. The molecule has 0 saturated carbocycles. The number of aromatic nitrogens is 1. The molecule has 0 aliphatic carbocycles. The predicted octanol–water partition coefficient (Wildman–Crippen LogP) is 7.32. The maximum atomic E-state index is 11.5. The zero-order chi connectivity index (χ0) is 22.5. The molecule has 0 amide bonds. The van der Waals surface area contributed by atoms with Gasteiger partial charge in [0.15, 0.2) is 0 Å². The maximum absolute atomic E-state index is 11.5. The van der Waals surface area contributed by atoms with E-state index < -0.39 is 8.07 Å². The van der Waals surface area contributed by atoms with Crippen molar-refractivity contribution in [1.82, 2.24) is 4.57 Å². The van der Waals surface area contributed by atoms with E-state index in [1.807, 2.05) is 24.3 Å². The Hall–Kier alpha value is -3.22. The maximum Gasteiger partial charge on any atom is 0.270 e. The Morgan fingerprint density at radius 3 is 2.28 bits per heavy atom. The number of fused-ring (bicyclic) bond motifs is 8. The lowest BCUT2D eigenvalue weighted by molar-refractivity contribution is -0.384. The molecule has 0 fully saturated rings. The first-order valence-corrected chi connectivity index (χ1v) is 14.6. The number of rotatable bonds is 6. The highest BCUT2D eigenvalue weighted by molar-refractivity contribution is 6.76. The van der Waals surface area contributed by atoms with Gasteiger partial charge < -0.3 is 9.30 Å². The number of non-ortho nitro benzene ring substituents is 1. The third-order valence-electron chi connectivity index (χ3n) is 6.14. The largest absolute Gasteiger partial charge is 0.361 e. The highest BCUT2D eigenvalue weighted by Crippen LogP contribution is 2.41. The average molecular weight is 443 g/mol. The van der Waals surface area contributed by atoms with Crippen molar-refractivity contribution in [2.75, 3.05) is 6.61 Å². The van der Waals surface area contributed by atoms with Gasteiger partial charge in [0.25, 0.3) is 5.69 Å². The van der Waals surface area contributed by atoms with Gasteiger partial charge in [0.05, 0.1) is 16.0 Å². The van der Waals surface area contributed by atoms with Gasteiger partial charge >= 0.3 is 0 Å². The lowest BCUT2D eigenvalue weighted by Gasteiger charge is -2.16. The molecule has 5 nitrogen and oxygen atoms in total. The van der Waals surface area contributed by atoms with Crippen LogP contribution in [0.4, 0.5) is 5.69 Å². The summed E-state index contributed by atoms with van der Waals surface area (Å²) in [5.74, 6) is 0. The molecule has 0 aliphatic rings. The summed E-state index contributed by atoms with van der Waals surface area (Å²) in [6.45, 7) is 8.30. The SMILES string of the molecule is C[Si](C)(C)CCOCn1c2ccccc2c2c3ccc([N+](=O)[O-])cc3c3ccccc3c21. The number of hydrogen-bond donors (Lipinski definition) is 0. The number of para-hydroxylation sites is 1. The van der Waals surface area contributed by atoms with Crippen molar-refractivity contribution in [2.24, 2.45) is 0 Å². The number of nitro groups is 1. The van der Waals surface area contributed by atoms with Crippen LogP contribution >= 0.6 is 0 Å². The monoisotopic (exact) mass is 442 g/mol. The highest BCUT2D eigenvalue weighted by atomic mass is 28.3. The molecule has 1 aromatic heterocycles. The van der Waals surface area contributed by atoms with Gasteiger partial charge in [0.2, 0.25) is 0 Å². The zero-order valence-corrected chi connectivity index (χ0v) is 19.6. The Bertz CT molecular complexity index is 1500. The van der Waals surface area contributed by atoms with E-state index in [-0.39, 0.29) is 10.6 Å². The van der Waals surface area contributed by atoms with Gasteiger partial charge in [-0.15, -0.1) is 0 Å². The second kappa shape index (κ2) is 7.72. The molecule has 0 spiro atoms. The van der Waals surface area contributed by atoms with Crippen LogP contribution in [0, 0.1) is 10.1 Å². The average Bonchev–Trinajstić information content (AvgIpc) is 3.10. The molecule has 162 valence electrons. The molecule has 0 saturated heterocycles. The molecule has 0 bridgehead atoms. The Morgan fingerprint density at radius 2 is 1.56 bits per heavy atom. The molecule has 0 aliphatic heterocycles. The Morgan fingerprint density at radius 1 is 0.875 bits per heavy atom. The van der Waals surface area contributed by atoms with Crippen LogP contribution in [0.3, 0.4) is 0 Å². The van der Waals surface area contributed by atoms with Crippen LogP contribution in [-0.2, 0) is 11.5 Å². The standard InChI is InChI=1S/C26H26N2O3Si/c1-32(2,3)15-14-31-17-27-24-11-7-6-10-22(24)25-20-13-12-18(28(29)30)16-23(20)19-8-4-5-9-21(19)26(25)27/h4-13,16H,14-15,17H2,1-3H3. The minimum absolute atomic E-state index is 0.112. The highest BCUT2D eigenvalue weighted by Gasteiger charge is 2.19. The molecule has 5 aromatic rings. The lowest BCUT2D eigenvalue weighted by Crippen LogP contribution is -2.22. The molecule has 6 heteroatoms. The van der Waals surface area contributed by atoms with E-state index in [1.54, 1.807) is 12.1 Å². The zero-order valence-electron chi connectivity index (χ0n) is 18.6. The van der Waals surface area contributed by atoms with Crippen LogP contribution in [-0.4, -0.2) is 24.2 Å². The summed E-state index contributed by atoms with van der Waals surface area (Å²) in [7, 11) is -1.17. The van der Waals surface area contributed by atoms with E-state index in [2.05, 4.69) is 54.5 Å². The van der Waals surface area contributed by atoms with Gasteiger partial charge in [-0.2, -0.15) is 0 Å². The van der Waals surface area contributed by atoms with E-state index in [4.69, 9.17) is 4.74 Å². The quantitative estimate of drug-likeness (QED) is 0.0910. The van der Waals surface area contributed by atoms with Crippen molar-refractivity contribution in [1.29, 1.82) is 0 Å². The molecule has 0 N–H and O–H groups in total. The summed E-state index contributed by atoms with van der Waals surface area (Å²) >= 11 is 0. The summed E-state index contributed by atoms with van der Waals surface area (Å²) in [6.07, 6.45) is 0. The Balaban J connectivity index is 1.82. The van der Waals surface area contributed by atoms with Gasteiger partial charge in [0, 0.05) is 43.0 Å². The first kappa shape index (κ1) is 20.7. The van der Waals surface area contributed by atoms with E-state index in [0.29, 0.717) is 6.73 Å². The number of nitro benzene ring substituents is 1. The van der Waals surface area contributed by atoms with Gasteiger partial charge in [-0.1, -0.05) is 62.1 Å². The number of ether oxygens (including phenoxy) is 1. The fourth-order valence-electron chi connectivity index (χ4n) is 4.54. The van der Waals surface area contributed by atoms with E-state index >= 15 is 0 Å². The second-order valence-electron chi connectivity index (χ2n) is 9.55. The third kappa shape index (κ3) is 3.45. The minimum Gasteiger partial charge on any atom is -0.361 e. The molecule has 0 unspecified atom stereocenters. The van der Waals surface area contributed by atoms with Crippen molar-refractivity contribution in [3.63, 3.8) is 0 Å². The first-order valence-electron chi connectivity index (χ1n) is 10.9. The first-order chi connectivity index (χ1) is 15.3. The molecular weight excluding hydrogens is 416 g/mol. The summed E-state index contributed by atoms with van der Waals surface area (Å²) in [5.41, 5.74) is 2.35. The fourth-order valence-corrected chi connectivity index (χ4v) is 5.29. The van der Waals surface area contributed by atoms with Crippen LogP contribution in [0.5, 0.6) is 0 Å². The van der Waals surface area contributed by atoms with E-state index in [1.165, 1.54) is 0 Å². The molecule has 32 heavy (non-hydrogen) atoms. The lowest BCUT2D eigenvalue weighted by atomic mass is 9.96. The van der Waals surface area contributed by atoms with Gasteiger partial charge in [0.1, 0.15) is 6.73 Å². The normalized spacial score (nSPS) is 12.3. The van der Waals surface area contributed by atoms with Gasteiger partial charge in [-0.3, -0.25) is 10.1 Å². The molecular formula is C26H26N2O3Si. The molecule has 4 aromatic carbocycles. The number of nitrogens with zero attached hydrogens (tertiary/aromatic N) is 2. The smallest absolute Gasteiger partial charge is 0.270 e. The van der Waals surface area contributed by atoms with Crippen LogP contribution < -0.4 is 0 Å². The fraction of sp³-hybridized carbons (Fsp3) is 0.231. The van der Waals surface area contributed by atoms with Crippen molar-refractivity contribution >= 4 is 57.1 Å².